The van der Waals surface area contributed by atoms with E-state index in [0.29, 0.717) is 0 Å². The molecule has 310 valence electrons. The van der Waals surface area contributed by atoms with Gasteiger partial charge in [-0.1, -0.05) is 208 Å². The van der Waals surface area contributed by atoms with Crippen LogP contribution in [0.3, 0.4) is 0 Å². The number of hydrogen-bond acceptors (Lipinski definition) is 1. The molecule has 0 aromatic heterocycles. The monoisotopic (exact) mass is 839 g/mol. The molecule has 0 N–H and O–H groups in total. The molecule has 0 radical (unpaired) electrons. The lowest BCUT2D eigenvalue weighted by Gasteiger charge is -2.31. The fraction of sp³-hybridized carbons (Fsp3) is 0.0462. The molecule has 0 saturated carbocycles. The summed E-state index contributed by atoms with van der Waals surface area (Å²) in [5.74, 6) is 0. The van der Waals surface area contributed by atoms with Gasteiger partial charge in [0, 0.05) is 22.4 Å². The van der Waals surface area contributed by atoms with Gasteiger partial charge in [-0.25, -0.2) is 0 Å². The second-order valence-electron chi connectivity index (χ2n) is 18.4. The van der Waals surface area contributed by atoms with Crippen LogP contribution in [0.2, 0.25) is 0 Å². The Bertz CT molecular complexity index is 3900. The third-order valence-corrected chi connectivity index (χ3v) is 14.4. The zero-order valence-electron chi connectivity index (χ0n) is 37.0. The molecule has 1 aliphatic carbocycles. The van der Waals surface area contributed by atoms with Gasteiger partial charge in [-0.05, 0) is 146 Å². The number of hydrogen-bond donors (Lipinski definition) is 0. The van der Waals surface area contributed by atoms with E-state index in [4.69, 9.17) is 0 Å². The SMILES string of the molecule is CC1(C)c2ccccc2-c2ccc(N(c3ccc(-c4cccc5ccccc45)cc3)c3cccc(-c4cc5ccccc5c5ccccc45)c3-c3cc4ccccc4c4ccccc34)cc21. The molecule has 0 bridgehead atoms. The van der Waals surface area contributed by atoms with Crippen molar-refractivity contribution < 1.29 is 0 Å². The Hall–Kier alpha value is -8.26. The number of rotatable bonds is 6. The zero-order valence-corrected chi connectivity index (χ0v) is 37.0. The fourth-order valence-corrected chi connectivity index (χ4v) is 11.3. The maximum absolute atomic E-state index is 2.53. The van der Waals surface area contributed by atoms with E-state index in [1.807, 2.05) is 0 Å². The van der Waals surface area contributed by atoms with E-state index in [2.05, 4.69) is 255 Å². The first kappa shape index (κ1) is 38.2. The van der Waals surface area contributed by atoms with Crippen molar-refractivity contribution in [1.82, 2.24) is 0 Å². The van der Waals surface area contributed by atoms with Crippen LogP contribution in [0.4, 0.5) is 17.1 Å². The van der Waals surface area contributed by atoms with E-state index < -0.39 is 0 Å². The van der Waals surface area contributed by atoms with Gasteiger partial charge < -0.3 is 4.90 Å². The van der Waals surface area contributed by atoms with Gasteiger partial charge in [0.05, 0.1) is 5.69 Å². The minimum atomic E-state index is -0.172. The highest BCUT2D eigenvalue weighted by atomic mass is 15.1. The Labute approximate surface area is 385 Å². The molecule has 0 amide bonds. The molecule has 0 atom stereocenters. The minimum Gasteiger partial charge on any atom is -0.310 e. The average molecular weight is 840 g/mol. The van der Waals surface area contributed by atoms with Gasteiger partial charge in [-0.15, -0.1) is 0 Å². The summed E-state index contributed by atoms with van der Waals surface area (Å²) in [7, 11) is 0. The molecule has 1 nitrogen and oxygen atoms in total. The molecule has 13 rings (SSSR count). The summed E-state index contributed by atoms with van der Waals surface area (Å²) in [6.07, 6.45) is 0. The number of nitrogens with zero attached hydrogens (tertiary/aromatic N) is 1. The summed E-state index contributed by atoms with van der Waals surface area (Å²) < 4.78 is 0. The molecule has 0 unspecified atom stereocenters. The van der Waals surface area contributed by atoms with Crippen LogP contribution in [0.25, 0.3) is 98.4 Å². The smallest absolute Gasteiger partial charge is 0.0546 e. The zero-order chi connectivity index (χ0) is 43.9. The van der Waals surface area contributed by atoms with Gasteiger partial charge in [0.1, 0.15) is 0 Å². The Kier molecular flexibility index (Phi) is 8.63. The molecule has 0 spiro atoms. The molecule has 0 heterocycles. The van der Waals surface area contributed by atoms with E-state index in [1.54, 1.807) is 0 Å². The van der Waals surface area contributed by atoms with Crippen LogP contribution in [0.15, 0.2) is 237 Å². The Morgan fingerprint density at radius 2 is 0.773 bits per heavy atom. The van der Waals surface area contributed by atoms with E-state index in [0.717, 1.165) is 17.1 Å². The van der Waals surface area contributed by atoms with Crippen molar-refractivity contribution in [1.29, 1.82) is 0 Å². The van der Waals surface area contributed by atoms with Crippen LogP contribution in [-0.2, 0) is 5.41 Å². The first-order chi connectivity index (χ1) is 32.5. The molecule has 0 aliphatic heterocycles. The van der Waals surface area contributed by atoms with Gasteiger partial charge in [0.25, 0.3) is 0 Å². The summed E-state index contributed by atoms with van der Waals surface area (Å²) in [6.45, 7) is 4.76. The Morgan fingerprint density at radius 3 is 1.48 bits per heavy atom. The van der Waals surface area contributed by atoms with Crippen molar-refractivity contribution >= 4 is 70.9 Å². The van der Waals surface area contributed by atoms with Crippen molar-refractivity contribution in [2.24, 2.45) is 0 Å². The summed E-state index contributed by atoms with van der Waals surface area (Å²) in [4.78, 5) is 2.53. The normalized spacial score (nSPS) is 12.8. The van der Waals surface area contributed by atoms with Crippen molar-refractivity contribution in [2.45, 2.75) is 19.3 Å². The van der Waals surface area contributed by atoms with Gasteiger partial charge in [0.2, 0.25) is 0 Å². The molecule has 0 saturated heterocycles. The van der Waals surface area contributed by atoms with Crippen LogP contribution >= 0.6 is 0 Å². The van der Waals surface area contributed by atoms with Gasteiger partial charge in [-0.3, -0.25) is 0 Å². The molecule has 12 aromatic carbocycles. The molecular weight excluding hydrogens is 795 g/mol. The van der Waals surface area contributed by atoms with Crippen molar-refractivity contribution in [2.75, 3.05) is 4.90 Å². The molecule has 1 heteroatoms. The number of benzene rings is 12. The summed E-state index contributed by atoms with van der Waals surface area (Å²) >= 11 is 0. The topological polar surface area (TPSA) is 3.24 Å². The first-order valence-electron chi connectivity index (χ1n) is 23.1. The van der Waals surface area contributed by atoms with Crippen LogP contribution in [0.1, 0.15) is 25.0 Å². The Morgan fingerprint density at radius 1 is 0.288 bits per heavy atom. The highest BCUT2D eigenvalue weighted by molar-refractivity contribution is 6.20. The van der Waals surface area contributed by atoms with E-state index >= 15 is 0 Å². The van der Waals surface area contributed by atoms with E-state index in [9.17, 15) is 0 Å². The van der Waals surface area contributed by atoms with E-state index in [1.165, 1.54) is 109 Å². The number of anilines is 3. The summed E-state index contributed by atoms with van der Waals surface area (Å²) in [5.41, 5.74) is 15.8. The maximum atomic E-state index is 2.53. The lowest BCUT2D eigenvalue weighted by atomic mass is 9.82. The van der Waals surface area contributed by atoms with Crippen molar-refractivity contribution in [3.8, 4) is 44.5 Å². The van der Waals surface area contributed by atoms with Crippen LogP contribution in [-0.4, -0.2) is 0 Å². The molecule has 1 aliphatic rings. The van der Waals surface area contributed by atoms with Crippen LogP contribution < -0.4 is 4.90 Å². The van der Waals surface area contributed by atoms with Crippen molar-refractivity contribution in [3.05, 3.63) is 248 Å². The Balaban J connectivity index is 1.13. The summed E-state index contributed by atoms with van der Waals surface area (Å²) in [5, 5.41) is 12.4. The quantitative estimate of drug-likeness (QED) is 0.151. The highest BCUT2D eigenvalue weighted by Gasteiger charge is 2.36. The van der Waals surface area contributed by atoms with Gasteiger partial charge in [0.15, 0.2) is 0 Å². The molecular formula is C65H45N. The van der Waals surface area contributed by atoms with Gasteiger partial charge in [-0.2, -0.15) is 0 Å². The predicted octanol–water partition coefficient (Wildman–Crippen LogP) is 18.2. The van der Waals surface area contributed by atoms with Crippen LogP contribution in [0, 0.1) is 0 Å². The molecule has 12 aromatic rings. The summed E-state index contributed by atoms with van der Waals surface area (Å²) in [6, 6.07) is 88.1. The minimum absolute atomic E-state index is 0.172. The van der Waals surface area contributed by atoms with Crippen LogP contribution in [0.5, 0.6) is 0 Å². The maximum Gasteiger partial charge on any atom is 0.0546 e. The van der Waals surface area contributed by atoms with E-state index in [-0.39, 0.29) is 5.41 Å². The lowest BCUT2D eigenvalue weighted by Crippen LogP contribution is -2.17. The standard InChI is InChI=1S/C65H45N/c1-65(2)61-31-14-13-28-56(61)57-38-37-47(41-62(57)65)66(46-35-33-43(34-36-46)49-29-15-20-42-17-3-6-21-48(42)49)63-32-16-30-58(59-39-44-18-4-7-22-50(44)52-24-9-11-26-54(52)59)64(63)60-40-45-19-5-8-23-51(45)53-25-10-12-27-55(53)60/h3-41H,1-2H3. The second kappa shape index (κ2) is 14.9. The van der Waals surface area contributed by atoms with Crippen molar-refractivity contribution in [3.63, 3.8) is 0 Å². The fourth-order valence-electron chi connectivity index (χ4n) is 11.3. The average Bonchev–Trinajstić information content (AvgIpc) is 3.61. The second-order valence-corrected chi connectivity index (χ2v) is 18.4. The largest absolute Gasteiger partial charge is 0.310 e. The highest BCUT2D eigenvalue weighted by Crippen LogP contribution is 2.53. The lowest BCUT2D eigenvalue weighted by molar-refractivity contribution is 0.660. The third kappa shape index (κ3) is 5.87. The molecule has 0 fully saturated rings. The molecule has 66 heavy (non-hydrogen) atoms. The first-order valence-corrected chi connectivity index (χ1v) is 23.1. The predicted molar refractivity (Wildman–Crippen MR) is 283 cm³/mol. The number of fused-ring (bicyclic) bond motifs is 10. The van der Waals surface area contributed by atoms with Gasteiger partial charge >= 0.3 is 0 Å². The third-order valence-electron chi connectivity index (χ3n) is 14.4.